The van der Waals surface area contributed by atoms with Crippen molar-refractivity contribution in [3.63, 3.8) is 0 Å². The highest BCUT2D eigenvalue weighted by Gasteiger charge is 2.59. The van der Waals surface area contributed by atoms with Crippen molar-refractivity contribution in [3.05, 3.63) is 11.6 Å². The van der Waals surface area contributed by atoms with Gasteiger partial charge >= 0.3 is 5.97 Å². The van der Waals surface area contributed by atoms with Crippen molar-refractivity contribution in [3.8, 4) is 0 Å². The molecule has 42 heavy (non-hydrogen) atoms. The van der Waals surface area contributed by atoms with Gasteiger partial charge in [0.2, 0.25) is 0 Å². The van der Waals surface area contributed by atoms with Gasteiger partial charge in [-0.2, -0.15) is 0 Å². The van der Waals surface area contributed by atoms with Gasteiger partial charge in [-0.25, -0.2) is 4.79 Å². The van der Waals surface area contributed by atoms with Gasteiger partial charge in [0.25, 0.3) is 0 Å². The summed E-state index contributed by atoms with van der Waals surface area (Å²) in [4.78, 5) is 13.0. The third-order valence-corrected chi connectivity index (χ3v) is 13.2. The number of esters is 1. The molecule has 0 aromatic rings. The normalized spacial score (nSPS) is 40.5. The lowest BCUT2D eigenvalue weighted by Gasteiger charge is -2.58. The maximum absolute atomic E-state index is 13.0. The number of carbonyl (C=O) groups is 1. The molecule has 4 fully saturated rings. The summed E-state index contributed by atoms with van der Waals surface area (Å²) in [7, 11) is 0. The van der Waals surface area contributed by atoms with Crippen LogP contribution in [0.1, 0.15) is 144 Å². The molecule has 2 unspecified atom stereocenters. The minimum atomic E-state index is -0.561. The fourth-order valence-electron chi connectivity index (χ4n) is 10.6. The molecule has 0 radical (unpaired) electrons. The Morgan fingerprint density at radius 3 is 2.52 bits per heavy atom. The van der Waals surface area contributed by atoms with Crippen molar-refractivity contribution in [2.75, 3.05) is 13.2 Å². The van der Waals surface area contributed by atoms with Crippen molar-refractivity contribution >= 4 is 5.97 Å². The standard InChI is InChI=1S/C38H64O4/c1-7-8-9-10-14-30-24-41-35(25-40-30)36(39)42-29-19-21-37(5)28(23-29)15-16-31-33-18-17-32(27(4)13-11-12-26(2)3)38(33,6)22-20-34(31)37/h15,26-27,29-35H,7-14,16-25H2,1-6H3/t27-,29+,30?,31+,32-,33+,34+,35?,37+,38-/m1/s1. The first kappa shape index (κ1) is 32.5. The van der Waals surface area contributed by atoms with E-state index in [2.05, 4.69) is 47.6 Å². The number of carbonyl (C=O) groups excluding carboxylic acids is 1. The highest BCUT2D eigenvalue weighted by Crippen LogP contribution is 2.67. The summed E-state index contributed by atoms with van der Waals surface area (Å²) in [6, 6.07) is 0. The first-order valence-electron chi connectivity index (χ1n) is 18.3. The largest absolute Gasteiger partial charge is 0.460 e. The Kier molecular flexibility index (Phi) is 10.9. The molecule has 0 spiro atoms. The van der Waals surface area contributed by atoms with E-state index < -0.39 is 6.10 Å². The van der Waals surface area contributed by atoms with Gasteiger partial charge in [0.1, 0.15) is 6.10 Å². The van der Waals surface area contributed by atoms with Gasteiger partial charge in [-0.15, -0.1) is 0 Å². The van der Waals surface area contributed by atoms with E-state index in [-0.39, 0.29) is 23.6 Å². The zero-order valence-electron chi connectivity index (χ0n) is 28.1. The lowest BCUT2D eigenvalue weighted by molar-refractivity contribution is -0.187. The van der Waals surface area contributed by atoms with Gasteiger partial charge in [-0.3, -0.25) is 0 Å². The van der Waals surface area contributed by atoms with E-state index in [1.807, 2.05) is 0 Å². The minimum absolute atomic E-state index is 0.0138. The second kappa shape index (κ2) is 14.1. The average Bonchev–Trinajstić information content (AvgIpc) is 3.33. The molecular formula is C38H64O4. The molecule has 4 aliphatic carbocycles. The summed E-state index contributed by atoms with van der Waals surface area (Å²) >= 11 is 0. The summed E-state index contributed by atoms with van der Waals surface area (Å²) in [5.41, 5.74) is 2.40. The molecule has 0 amide bonds. The van der Waals surface area contributed by atoms with Crippen molar-refractivity contribution in [1.29, 1.82) is 0 Å². The molecule has 0 aromatic carbocycles. The third kappa shape index (κ3) is 6.85. The van der Waals surface area contributed by atoms with Crippen LogP contribution in [0.4, 0.5) is 0 Å². The Bertz CT molecular complexity index is 918. The molecule has 4 nitrogen and oxygen atoms in total. The minimum Gasteiger partial charge on any atom is -0.460 e. The Labute approximate surface area is 258 Å². The van der Waals surface area contributed by atoms with E-state index >= 15 is 0 Å². The molecule has 4 heteroatoms. The number of allylic oxidation sites excluding steroid dienone is 1. The molecule has 10 atom stereocenters. The predicted molar refractivity (Wildman–Crippen MR) is 171 cm³/mol. The molecule has 5 aliphatic rings. The monoisotopic (exact) mass is 584 g/mol. The molecule has 5 rings (SSSR count). The molecular weight excluding hydrogens is 520 g/mol. The highest BCUT2D eigenvalue weighted by atomic mass is 16.6. The Morgan fingerprint density at radius 2 is 1.79 bits per heavy atom. The molecule has 1 heterocycles. The van der Waals surface area contributed by atoms with Crippen LogP contribution >= 0.6 is 0 Å². The average molecular weight is 585 g/mol. The van der Waals surface area contributed by atoms with E-state index in [0.29, 0.717) is 18.6 Å². The van der Waals surface area contributed by atoms with Crippen molar-refractivity contribution in [2.45, 2.75) is 163 Å². The van der Waals surface area contributed by atoms with Crippen LogP contribution in [0, 0.1) is 46.3 Å². The topological polar surface area (TPSA) is 44.8 Å². The molecule has 240 valence electrons. The van der Waals surface area contributed by atoms with Gasteiger partial charge < -0.3 is 14.2 Å². The Balaban J connectivity index is 1.13. The number of ether oxygens (including phenoxy) is 3. The summed E-state index contributed by atoms with van der Waals surface area (Å²) in [6.07, 6.45) is 22.3. The van der Waals surface area contributed by atoms with Crippen LogP contribution in [0.15, 0.2) is 11.6 Å². The quantitative estimate of drug-likeness (QED) is 0.130. The van der Waals surface area contributed by atoms with Gasteiger partial charge in [0, 0.05) is 6.42 Å². The van der Waals surface area contributed by atoms with Crippen LogP contribution < -0.4 is 0 Å². The van der Waals surface area contributed by atoms with Crippen LogP contribution in [0.5, 0.6) is 0 Å². The van der Waals surface area contributed by atoms with Gasteiger partial charge in [0.05, 0.1) is 19.3 Å². The number of hydrogen-bond donors (Lipinski definition) is 0. The van der Waals surface area contributed by atoms with E-state index in [4.69, 9.17) is 14.2 Å². The summed E-state index contributed by atoms with van der Waals surface area (Å²) in [5, 5.41) is 0. The van der Waals surface area contributed by atoms with E-state index in [9.17, 15) is 4.79 Å². The molecule has 1 aliphatic heterocycles. The van der Waals surface area contributed by atoms with Crippen molar-refractivity contribution in [1.82, 2.24) is 0 Å². The smallest absolute Gasteiger partial charge is 0.337 e. The van der Waals surface area contributed by atoms with Crippen LogP contribution in [0.3, 0.4) is 0 Å². The van der Waals surface area contributed by atoms with Crippen molar-refractivity contribution < 1.29 is 19.0 Å². The SMILES string of the molecule is CCCCCCC1COC(C(=O)O[C@H]2CC[C@@]3(C)C(=CC[C@H]4[C@@H]5CC[C@H]([C@H](C)CCCC(C)C)[C@@]5(C)CC[C@@H]43)C2)CO1. The molecule has 1 saturated heterocycles. The van der Waals surface area contributed by atoms with Crippen LogP contribution in [-0.4, -0.2) is 37.5 Å². The molecule has 0 N–H and O–H groups in total. The summed E-state index contributed by atoms with van der Waals surface area (Å²) < 4.78 is 18.0. The fourth-order valence-corrected chi connectivity index (χ4v) is 10.6. The van der Waals surface area contributed by atoms with Gasteiger partial charge in [0.15, 0.2) is 6.10 Å². The third-order valence-electron chi connectivity index (χ3n) is 13.2. The lowest BCUT2D eigenvalue weighted by atomic mass is 9.47. The van der Waals surface area contributed by atoms with E-state index in [1.165, 1.54) is 77.0 Å². The maximum atomic E-state index is 13.0. The number of hydrogen-bond acceptors (Lipinski definition) is 4. The second-order valence-electron chi connectivity index (χ2n) is 16.2. The predicted octanol–water partition coefficient (Wildman–Crippen LogP) is 9.69. The van der Waals surface area contributed by atoms with Gasteiger partial charge in [-0.1, -0.05) is 98.1 Å². The Morgan fingerprint density at radius 1 is 0.952 bits per heavy atom. The highest BCUT2D eigenvalue weighted by molar-refractivity contribution is 5.75. The number of rotatable bonds is 12. The molecule has 0 aromatic heterocycles. The number of fused-ring (bicyclic) bond motifs is 5. The van der Waals surface area contributed by atoms with Crippen LogP contribution in [-0.2, 0) is 19.0 Å². The number of unbranched alkanes of at least 4 members (excludes halogenated alkanes) is 3. The second-order valence-corrected chi connectivity index (χ2v) is 16.2. The summed E-state index contributed by atoms with van der Waals surface area (Å²) in [6.45, 7) is 15.7. The maximum Gasteiger partial charge on any atom is 0.337 e. The fraction of sp³-hybridized carbons (Fsp3) is 0.921. The zero-order valence-corrected chi connectivity index (χ0v) is 28.1. The first-order valence-corrected chi connectivity index (χ1v) is 18.3. The van der Waals surface area contributed by atoms with Crippen LogP contribution in [0.25, 0.3) is 0 Å². The Hall–Kier alpha value is -0.870. The molecule has 3 saturated carbocycles. The van der Waals surface area contributed by atoms with Crippen LogP contribution in [0.2, 0.25) is 0 Å². The van der Waals surface area contributed by atoms with Gasteiger partial charge in [-0.05, 0) is 97.7 Å². The van der Waals surface area contributed by atoms with E-state index in [1.54, 1.807) is 5.57 Å². The zero-order chi connectivity index (χ0) is 29.9. The summed E-state index contributed by atoms with van der Waals surface area (Å²) in [5.74, 6) is 4.91. The molecule has 0 bridgehead atoms. The van der Waals surface area contributed by atoms with Crippen molar-refractivity contribution in [2.24, 2.45) is 46.3 Å². The van der Waals surface area contributed by atoms with E-state index in [0.717, 1.165) is 61.2 Å². The first-order chi connectivity index (χ1) is 20.2. The lowest BCUT2D eigenvalue weighted by Crippen LogP contribution is -2.51.